The lowest BCUT2D eigenvalue weighted by atomic mass is 10.1. The average Bonchev–Trinajstić information content (AvgIpc) is 2.67. The minimum absolute atomic E-state index is 0. The van der Waals surface area contributed by atoms with Crippen LogP contribution in [0, 0.1) is 0 Å². The molecule has 0 amide bonds. The SMILES string of the molecule is COc1ccc(NC(N)=NCCc2ccc(OC)c(OC)c2OC)cc1.I. The summed E-state index contributed by atoms with van der Waals surface area (Å²) in [5, 5.41) is 3.05. The summed E-state index contributed by atoms with van der Waals surface area (Å²) in [4.78, 5) is 4.36. The highest BCUT2D eigenvalue weighted by atomic mass is 127. The Bertz CT molecular complexity index is 751. The van der Waals surface area contributed by atoms with Crippen LogP contribution in [-0.2, 0) is 6.42 Å². The van der Waals surface area contributed by atoms with Crippen molar-refractivity contribution in [3.63, 3.8) is 0 Å². The molecular weight excluding hydrogens is 461 g/mol. The van der Waals surface area contributed by atoms with Gasteiger partial charge >= 0.3 is 0 Å². The van der Waals surface area contributed by atoms with Crippen molar-refractivity contribution < 1.29 is 18.9 Å². The molecule has 0 heterocycles. The van der Waals surface area contributed by atoms with E-state index in [-0.39, 0.29) is 24.0 Å². The van der Waals surface area contributed by atoms with Crippen molar-refractivity contribution in [3.8, 4) is 23.0 Å². The molecule has 0 fully saturated rings. The van der Waals surface area contributed by atoms with Crippen LogP contribution in [0.15, 0.2) is 41.4 Å². The summed E-state index contributed by atoms with van der Waals surface area (Å²) >= 11 is 0. The first-order valence-corrected chi connectivity index (χ1v) is 8.11. The van der Waals surface area contributed by atoms with E-state index < -0.39 is 0 Å². The van der Waals surface area contributed by atoms with Crippen LogP contribution in [0.2, 0.25) is 0 Å². The van der Waals surface area contributed by atoms with Crippen molar-refractivity contribution >= 4 is 35.6 Å². The maximum absolute atomic E-state index is 5.94. The zero-order valence-corrected chi connectivity index (χ0v) is 18.3. The van der Waals surface area contributed by atoms with E-state index in [9.17, 15) is 0 Å². The number of nitrogens with two attached hydrogens (primary N) is 1. The number of guanidine groups is 1. The van der Waals surface area contributed by atoms with Crippen LogP contribution in [-0.4, -0.2) is 40.9 Å². The largest absolute Gasteiger partial charge is 0.497 e. The second-order valence-corrected chi connectivity index (χ2v) is 5.36. The maximum atomic E-state index is 5.94. The van der Waals surface area contributed by atoms with Crippen LogP contribution >= 0.6 is 24.0 Å². The molecule has 0 atom stereocenters. The number of methoxy groups -OCH3 is 4. The molecule has 8 heteroatoms. The first-order chi connectivity index (χ1) is 12.6. The van der Waals surface area contributed by atoms with Gasteiger partial charge in [0.25, 0.3) is 0 Å². The summed E-state index contributed by atoms with van der Waals surface area (Å²) < 4.78 is 21.3. The molecule has 27 heavy (non-hydrogen) atoms. The second-order valence-electron chi connectivity index (χ2n) is 5.36. The molecule has 0 aromatic heterocycles. The van der Waals surface area contributed by atoms with Gasteiger partial charge in [-0.3, -0.25) is 4.99 Å². The van der Waals surface area contributed by atoms with Gasteiger partial charge in [-0.05, 0) is 36.8 Å². The Morgan fingerprint density at radius 3 is 2.11 bits per heavy atom. The minimum atomic E-state index is 0. The molecule has 148 valence electrons. The smallest absolute Gasteiger partial charge is 0.203 e. The van der Waals surface area contributed by atoms with Gasteiger partial charge in [0, 0.05) is 17.8 Å². The molecule has 0 aliphatic heterocycles. The van der Waals surface area contributed by atoms with Gasteiger partial charge in [-0.1, -0.05) is 6.07 Å². The van der Waals surface area contributed by atoms with E-state index in [4.69, 9.17) is 24.7 Å². The number of rotatable bonds is 8. The standard InChI is InChI=1S/C19H25N3O4.HI/c1-23-15-8-6-14(7-9-15)22-19(20)21-12-11-13-5-10-16(24-2)18(26-4)17(13)25-3;/h5-10H,11-12H2,1-4H3,(H3,20,21,22);1H. The van der Waals surface area contributed by atoms with Crippen molar-refractivity contribution in [1.82, 2.24) is 0 Å². The quantitative estimate of drug-likeness (QED) is 0.338. The third kappa shape index (κ3) is 6.09. The van der Waals surface area contributed by atoms with Crippen molar-refractivity contribution in [2.24, 2.45) is 10.7 Å². The monoisotopic (exact) mass is 487 g/mol. The number of benzene rings is 2. The van der Waals surface area contributed by atoms with E-state index in [2.05, 4.69) is 10.3 Å². The Balaban J connectivity index is 0.00000364. The van der Waals surface area contributed by atoms with Crippen molar-refractivity contribution in [2.45, 2.75) is 6.42 Å². The number of hydrogen-bond acceptors (Lipinski definition) is 5. The van der Waals surface area contributed by atoms with Crippen LogP contribution in [0.25, 0.3) is 0 Å². The number of aliphatic imine (C=N–C) groups is 1. The fourth-order valence-corrected chi connectivity index (χ4v) is 2.52. The van der Waals surface area contributed by atoms with Gasteiger partial charge < -0.3 is 30.0 Å². The Kier molecular flexibility index (Phi) is 9.55. The van der Waals surface area contributed by atoms with Gasteiger partial charge in [0.15, 0.2) is 17.5 Å². The van der Waals surface area contributed by atoms with E-state index in [0.29, 0.717) is 36.2 Å². The van der Waals surface area contributed by atoms with Crippen molar-refractivity contribution in [2.75, 3.05) is 40.3 Å². The number of ether oxygens (including phenoxy) is 4. The topological polar surface area (TPSA) is 87.3 Å². The molecule has 0 bridgehead atoms. The molecule has 0 spiro atoms. The molecule has 0 unspecified atom stereocenters. The summed E-state index contributed by atoms with van der Waals surface area (Å²) in [6.45, 7) is 0.501. The van der Waals surface area contributed by atoms with Crippen molar-refractivity contribution in [3.05, 3.63) is 42.0 Å². The lowest BCUT2D eigenvalue weighted by Gasteiger charge is -2.15. The van der Waals surface area contributed by atoms with Crippen LogP contribution < -0.4 is 30.0 Å². The zero-order chi connectivity index (χ0) is 18.9. The molecule has 0 saturated carbocycles. The van der Waals surface area contributed by atoms with Crippen LogP contribution in [0.4, 0.5) is 5.69 Å². The Hall–Kier alpha value is -2.36. The number of nitrogens with zero attached hydrogens (tertiary/aromatic N) is 1. The van der Waals surface area contributed by atoms with E-state index in [1.165, 1.54) is 0 Å². The molecule has 3 N–H and O–H groups in total. The lowest BCUT2D eigenvalue weighted by molar-refractivity contribution is 0.322. The zero-order valence-electron chi connectivity index (χ0n) is 15.9. The fourth-order valence-electron chi connectivity index (χ4n) is 2.52. The molecular formula is C19H26IN3O4. The Morgan fingerprint density at radius 2 is 1.56 bits per heavy atom. The average molecular weight is 487 g/mol. The van der Waals surface area contributed by atoms with Gasteiger partial charge in [-0.2, -0.15) is 0 Å². The predicted octanol–water partition coefficient (Wildman–Crippen LogP) is 3.31. The lowest BCUT2D eigenvalue weighted by Crippen LogP contribution is -2.23. The summed E-state index contributed by atoms with van der Waals surface area (Å²) in [6.07, 6.45) is 0.647. The van der Waals surface area contributed by atoms with E-state index in [1.54, 1.807) is 28.4 Å². The summed E-state index contributed by atoms with van der Waals surface area (Å²) in [5.74, 6) is 2.96. The normalized spacial score (nSPS) is 10.6. The van der Waals surface area contributed by atoms with Crippen molar-refractivity contribution in [1.29, 1.82) is 0 Å². The first-order valence-electron chi connectivity index (χ1n) is 8.11. The molecule has 0 aliphatic rings. The van der Waals surface area contributed by atoms with E-state index >= 15 is 0 Å². The molecule has 2 aromatic carbocycles. The summed E-state index contributed by atoms with van der Waals surface area (Å²) in [7, 11) is 6.40. The highest BCUT2D eigenvalue weighted by molar-refractivity contribution is 14.0. The highest BCUT2D eigenvalue weighted by Gasteiger charge is 2.15. The number of anilines is 1. The predicted molar refractivity (Wildman–Crippen MR) is 118 cm³/mol. The molecule has 2 aromatic rings. The third-order valence-corrected chi connectivity index (χ3v) is 3.81. The van der Waals surface area contributed by atoms with Gasteiger partial charge in [0.2, 0.25) is 5.75 Å². The Labute approximate surface area is 176 Å². The fraction of sp³-hybridized carbons (Fsp3) is 0.316. The van der Waals surface area contributed by atoms with E-state index in [1.807, 2.05) is 36.4 Å². The summed E-state index contributed by atoms with van der Waals surface area (Å²) in [6, 6.07) is 11.2. The van der Waals surface area contributed by atoms with Crippen LogP contribution in [0.3, 0.4) is 0 Å². The van der Waals surface area contributed by atoms with Gasteiger partial charge in [0.05, 0.1) is 28.4 Å². The molecule has 7 nitrogen and oxygen atoms in total. The van der Waals surface area contributed by atoms with Crippen LogP contribution in [0.5, 0.6) is 23.0 Å². The summed E-state index contributed by atoms with van der Waals surface area (Å²) in [5.41, 5.74) is 7.75. The van der Waals surface area contributed by atoms with Gasteiger partial charge in [-0.15, -0.1) is 24.0 Å². The maximum Gasteiger partial charge on any atom is 0.203 e. The van der Waals surface area contributed by atoms with E-state index in [0.717, 1.165) is 17.0 Å². The number of hydrogen-bond donors (Lipinski definition) is 2. The second kappa shape index (κ2) is 11.4. The number of nitrogens with one attached hydrogen (secondary N) is 1. The first kappa shape index (κ1) is 22.7. The van der Waals surface area contributed by atoms with Gasteiger partial charge in [-0.25, -0.2) is 0 Å². The van der Waals surface area contributed by atoms with Crippen LogP contribution in [0.1, 0.15) is 5.56 Å². The minimum Gasteiger partial charge on any atom is -0.497 e. The Morgan fingerprint density at radius 1 is 0.889 bits per heavy atom. The molecule has 0 aliphatic carbocycles. The number of halogens is 1. The third-order valence-electron chi connectivity index (χ3n) is 3.81. The van der Waals surface area contributed by atoms with Gasteiger partial charge in [0.1, 0.15) is 5.75 Å². The molecule has 2 rings (SSSR count). The molecule has 0 radical (unpaired) electrons. The highest BCUT2D eigenvalue weighted by Crippen LogP contribution is 2.39. The molecule has 0 saturated heterocycles.